The molecule has 4 aromatic rings. The van der Waals surface area contributed by atoms with Crippen molar-refractivity contribution in [3.05, 3.63) is 120 Å². The highest BCUT2D eigenvalue weighted by Gasteiger charge is 2.37. The summed E-state index contributed by atoms with van der Waals surface area (Å²) in [6.07, 6.45) is 0.780. The number of ether oxygens (including phenoxy) is 1. The van der Waals surface area contributed by atoms with Gasteiger partial charge in [0.05, 0.1) is 16.8 Å². The van der Waals surface area contributed by atoms with Gasteiger partial charge < -0.3 is 10.1 Å². The van der Waals surface area contributed by atoms with Crippen LogP contribution in [-0.4, -0.2) is 41.3 Å². The van der Waals surface area contributed by atoms with E-state index in [0.717, 1.165) is 23.1 Å². The Morgan fingerprint density at radius 3 is 2.17 bits per heavy atom. The number of fused-ring (bicyclic) bond motifs is 1. The molecular formula is C33H27N3O5. The predicted octanol–water partition coefficient (Wildman–Crippen LogP) is 5.89. The van der Waals surface area contributed by atoms with Gasteiger partial charge in [0.25, 0.3) is 11.8 Å². The van der Waals surface area contributed by atoms with E-state index < -0.39 is 12.1 Å². The lowest BCUT2D eigenvalue weighted by Crippen LogP contribution is -2.43. The Morgan fingerprint density at radius 2 is 1.46 bits per heavy atom. The minimum atomic E-state index is -0.610. The molecule has 2 aliphatic heterocycles. The molecule has 4 amide bonds. The molecule has 1 saturated heterocycles. The Bertz CT molecular complexity index is 1600. The number of carbonyl (C=O) groups excluding carboxylic acids is 4. The van der Waals surface area contributed by atoms with E-state index in [0.29, 0.717) is 35.5 Å². The smallest absolute Gasteiger partial charge is 0.410 e. The largest absolute Gasteiger partial charge is 0.445 e. The first-order valence-electron chi connectivity index (χ1n) is 13.5. The van der Waals surface area contributed by atoms with Crippen LogP contribution in [0.2, 0.25) is 0 Å². The van der Waals surface area contributed by atoms with E-state index in [1.54, 1.807) is 42.5 Å². The Hall–Kier alpha value is -5.24. The highest BCUT2D eigenvalue weighted by Crippen LogP contribution is 2.31. The molecule has 0 radical (unpaired) electrons. The van der Waals surface area contributed by atoms with Gasteiger partial charge in [0, 0.05) is 12.2 Å². The van der Waals surface area contributed by atoms with Crippen molar-refractivity contribution in [3.63, 3.8) is 0 Å². The van der Waals surface area contributed by atoms with Crippen LogP contribution in [0.3, 0.4) is 0 Å². The normalized spacial score (nSPS) is 16.0. The molecule has 4 aromatic carbocycles. The van der Waals surface area contributed by atoms with Crippen LogP contribution in [0.25, 0.3) is 11.1 Å². The summed E-state index contributed by atoms with van der Waals surface area (Å²) in [5, 5.41) is 2.94. The maximum Gasteiger partial charge on any atom is 0.410 e. The lowest BCUT2D eigenvalue weighted by atomic mass is 10.0. The molecule has 0 aliphatic carbocycles. The molecule has 204 valence electrons. The number of likely N-dealkylation sites (tertiary alicyclic amines) is 1. The molecule has 41 heavy (non-hydrogen) atoms. The molecule has 8 heteroatoms. The van der Waals surface area contributed by atoms with Crippen molar-refractivity contribution < 1.29 is 23.9 Å². The van der Waals surface area contributed by atoms with Crippen molar-refractivity contribution in [2.24, 2.45) is 0 Å². The Kier molecular flexibility index (Phi) is 7.04. The van der Waals surface area contributed by atoms with Crippen molar-refractivity contribution in [3.8, 4) is 11.1 Å². The lowest BCUT2D eigenvalue weighted by Gasteiger charge is -2.23. The van der Waals surface area contributed by atoms with Gasteiger partial charge in [0.15, 0.2) is 0 Å². The summed E-state index contributed by atoms with van der Waals surface area (Å²) >= 11 is 0. The fraction of sp³-hybridized carbons (Fsp3) is 0.152. The number of nitrogens with one attached hydrogen (secondary N) is 1. The van der Waals surface area contributed by atoms with Gasteiger partial charge in [-0.1, -0.05) is 66.7 Å². The van der Waals surface area contributed by atoms with Gasteiger partial charge in [0.1, 0.15) is 12.6 Å². The molecule has 0 aromatic heterocycles. The van der Waals surface area contributed by atoms with Gasteiger partial charge in [-0.05, 0) is 65.9 Å². The van der Waals surface area contributed by atoms with Gasteiger partial charge >= 0.3 is 6.09 Å². The van der Waals surface area contributed by atoms with Crippen molar-refractivity contribution in [2.45, 2.75) is 25.5 Å². The molecule has 0 bridgehead atoms. The molecule has 1 atom stereocenters. The third kappa shape index (κ3) is 5.19. The lowest BCUT2D eigenvalue weighted by molar-refractivity contribution is -0.120. The SMILES string of the molecule is O=C(Nc1cccc(-c2ccc(N3C(=O)c4ccccc4C3=O)cc2)c1)C1CCCN1C(=O)OCc1ccccc1. The first-order chi connectivity index (χ1) is 20.0. The minimum Gasteiger partial charge on any atom is -0.445 e. The van der Waals surface area contributed by atoms with Crippen LogP contribution < -0.4 is 10.2 Å². The minimum absolute atomic E-state index is 0.151. The van der Waals surface area contributed by atoms with Crippen molar-refractivity contribution in [1.29, 1.82) is 0 Å². The third-order valence-electron chi connectivity index (χ3n) is 7.38. The van der Waals surface area contributed by atoms with Crippen molar-refractivity contribution in [2.75, 3.05) is 16.8 Å². The van der Waals surface area contributed by atoms with Crippen LogP contribution in [0.5, 0.6) is 0 Å². The average Bonchev–Trinajstić information content (AvgIpc) is 3.60. The highest BCUT2D eigenvalue weighted by molar-refractivity contribution is 6.34. The van der Waals surface area contributed by atoms with Crippen LogP contribution in [0.4, 0.5) is 16.2 Å². The molecule has 1 N–H and O–H groups in total. The molecule has 2 heterocycles. The summed E-state index contributed by atoms with van der Waals surface area (Å²) in [5.41, 5.74) is 4.47. The fourth-order valence-electron chi connectivity index (χ4n) is 5.29. The molecule has 6 rings (SSSR count). The monoisotopic (exact) mass is 545 g/mol. The molecule has 8 nitrogen and oxygen atoms in total. The van der Waals surface area contributed by atoms with E-state index in [9.17, 15) is 19.2 Å². The van der Waals surface area contributed by atoms with Crippen LogP contribution in [0.15, 0.2) is 103 Å². The van der Waals surface area contributed by atoms with Crippen LogP contribution in [0, 0.1) is 0 Å². The molecule has 2 aliphatic rings. The maximum absolute atomic E-state index is 13.2. The predicted molar refractivity (Wildman–Crippen MR) is 154 cm³/mol. The topological polar surface area (TPSA) is 96.0 Å². The number of nitrogens with zero attached hydrogens (tertiary/aromatic N) is 2. The quantitative estimate of drug-likeness (QED) is 0.305. The summed E-state index contributed by atoms with van der Waals surface area (Å²) < 4.78 is 5.46. The van der Waals surface area contributed by atoms with Crippen molar-refractivity contribution in [1.82, 2.24) is 4.90 Å². The molecular weight excluding hydrogens is 518 g/mol. The number of benzene rings is 4. The molecule has 1 unspecified atom stereocenters. The van der Waals surface area contributed by atoms with E-state index in [1.165, 1.54) is 9.80 Å². The summed E-state index contributed by atoms with van der Waals surface area (Å²) in [6, 6.07) is 30.1. The van der Waals surface area contributed by atoms with Gasteiger partial charge in [-0.3, -0.25) is 19.3 Å². The second-order valence-corrected chi connectivity index (χ2v) is 10.00. The van der Waals surface area contributed by atoms with Gasteiger partial charge in [-0.2, -0.15) is 0 Å². The maximum atomic E-state index is 13.2. The van der Waals surface area contributed by atoms with Crippen LogP contribution >= 0.6 is 0 Å². The number of imide groups is 1. The number of rotatable bonds is 6. The van der Waals surface area contributed by atoms with Gasteiger partial charge in [-0.25, -0.2) is 9.69 Å². The van der Waals surface area contributed by atoms with E-state index in [2.05, 4.69) is 5.32 Å². The number of anilines is 2. The summed E-state index contributed by atoms with van der Waals surface area (Å²) in [5.74, 6) is -0.946. The van der Waals surface area contributed by atoms with Crippen LogP contribution in [0.1, 0.15) is 39.1 Å². The number of hydrogen-bond acceptors (Lipinski definition) is 5. The highest BCUT2D eigenvalue weighted by atomic mass is 16.6. The summed E-state index contributed by atoms with van der Waals surface area (Å²) in [7, 11) is 0. The Balaban J connectivity index is 1.12. The first kappa shape index (κ1) is 26.0. The van der Waals surface area contributed by atoms with Gasteiger partial charge in [-0.15, -0.1) is 0 Å². The van der Waals surface area contributed by atoms with E-state index >= 15 is 0 Å². The van der Waals surface area contributed by atoms with Crippen LogP contribution in [-0.2, 0) is 16.1 Å². The number of carbonyl (C=O) groups is 4. The second-order valence-electron chi connectivity index (χ2n) is 10.00. The molecule has 0 saturated carbocycles. The first-order valence-corrected chi connectivity index (χ1v) is 13.5. The van der Waals surface area contributed by atoms with Gasteiger partial charge in [0.2, 0.25) is 5.91 Å². The van der Waals surface area contributed by atoms with E-state index in [4.69, 9.17) is 4.74 Å². The summed E-state index contributed by atoms with van der Waals surface area (Å²) in [4.78, 5) is 54.2. The third-order valence-corrected chi connectivity index (χ3v) is 7.38. The molecule has 0 spiro atoms. The molecule has 1 fully saturated rings. The zero-order valence-corrected chi connectivity index (χ0v) is 22.2. The van der Waals surface area contributed by atoms with E-state index in [-0.39, 0.29) is 24.3 Å². The zero-order chi connectivity index (χ0) is 28.3. The second kappa shape index (κ2) is 11.1. The van der Waals surface area contributed by atoms with Crippen molar-refractivity contribution >= 4 is 35.2 Å². The standard InChI is InChI=1S/C33H27N3O5/c37-30(29-14-7-19-35(29)33(40)41-21-22-8-2-1-3-9-22)34-25-11-6-10-24(20-25)23-15-17-26(18-16-23)36-31(38)27-12-4-5-13-28(27)32(36)39/h1-6,8-13,15-18,20,29H,7,14,19,21H2,(H,34,37). The van der Waals surface area contributed by atoms with E-state index in [1.807, 2.05) is 60.7 Å². The fourth-order valence-corrected chi connectivity index (χ4v) is 5.29. The summed E-state index contributed by atoms with van der Waals surface area (Å²) in [6.45, 7) is 0.615. The zero-order valence-electron chi connectivity index (χ0n) is 22.2. The number of hydrogen-bond donors (Lipinski definition) is 1. The number of amides is 4. The average molecular weight is 546 g/mol. The Labute approximate surface area is 237 Å². The Morgan fingerprint density at radius 1 is 0.780 bits per heavy atom.